The lowest BCUT2D eigenvalue weighted by atomic mass is 10.1. The maximum atomic E-state index is 4.38. The molecule has 1 aromatic heterocycles. The Morgan fingerprint density at radius 1 is 1.12 bits per heavy atom. The number of aryl methyl sites for hydroxylation is 1. The molecule has 0 aliphatic carbocycles. The molecule has 0 atom stereocenters. The molecule has 96 valence electrons. The van der Waals surface area contributed by atoms with Crippen molar-refractivity contribution in [3.63, 3.8) is 0 Å². The molecule has 0 aliphatic heterocycles. The molecular formula is C13H24N4. The summed E-state index contributed by atoms with van der Waals surface area (Å²) in [5.41, 5.74) is 0. The normalized spacial score (nSPS) is 10.6. The number of nitrogens with one attached hydrogen (secondary N) is 2. The molecule has 0 aromatic carbocycles. The molecule has 0 radical (unpaired) electrons. The van der Waals surface area contributed by atoms with Crippen LogP contribution in [0, 0.1) is 12.8 Å². The van der Waals surface area contributed by atoms with Gasteiger partial charge in [-0.1, -0.05) is 20.8 Å². The molecule has 0 spiro atoms. The molecular weight excluding hydrogens is 212 g/mol. The van der Waals surface area contributed by atoms with Crippen LogP contribution in [0.5, 0.6) is 0 Å². The number of rotatable bonds is 7. The number of hydrogen-bond donors (Lipinski definition) is 2. The summed E-state index contributed by atoms with van der Waals surface area (Å²) < 4.78 is 0. The molecule has 0 amide bonds. The lowest BCUT2D eigenvalue weighted by Gasteiger charge is -2.10. The van der Waals surface area contributed by atoms with E-state index in [9.17, 15) is 0 Å². The third-order valence-electron chi connectivity index (χ3n) is 2.42. The van der Waals surface area contributed by atoms with Crippen LogP contribution < -0.4 is 10.6 Å². The smallest absolute Gasteiger partial charge is 0.131 e. The molecule has 4 nitrogen and oxygen atoms in total. The van der Waals surface area contributed by atoms with E-state index >= 15 is 0 Å². The lowest BCUT2D eigenvalue weighted by Crippen LogP contribution is -2.09. The predicted octanol–water partition coefficient (Wildman–Crippen LogP) is 3.06. The number of anilines is 2. The Hall–Kier alpha value is -1.32. The maximum absolute atomic E-state index is 4.38. The van der Waals surface area contributed by atoms with Crippen LogP contribution in [0.1, 0.15) is 39.4 Å². The van der Waals surface area contributed by atoms with Gasteiger partial charge in [0.2, 0.25) is 0 Å². The predicted molar refractivity (Wildman–Crippen MR) is 73.5 cm³/mol. The Morgan fingerprint density at radius 3 is 2.24 bits per heavy atom. The number of nitrogens with zero attached hydrogens (tertiary/aromatic N) is 2. The minimum absolute atomic E-state index is 0.711. The van der Waals surface area contributed by atoms with Crippen LogP contribution in [0.2, 0.25) is 0 Å². The molecule has 0 bridgehead atoms. The first kappa shape index (κ1) is 13.7. The first-order valence-corrected chi connectivity index (χ1v) is 6.45. The van der Waals surface area contributed by atoms with Crippen molar-refractivity contribution in [2.24, 2.45) is 5.92 Å². The van der Waals surface area contributed by atoms with E-state index in [1.165, 1.54) is 0 Å². The van der Waals surface area contributed by atoms with Gasteiger partial charge in [0, 0.05) is 19.2 Å². The minimum atomic E-state index is 0.711. The summed E-state index contributed by atoms with van der Waals surface area (Å²) in [7, 11) is 0. The fourth-order valence-corrected chi connectivity index (χ4v) is 1.49. The van der Waals surface area contributed by atoms with Crippen molar-refractivity contribution in [2.45, 2.75) is 40.5 Å². The van der Waals surface area contributed by atoms with Gasteiger partial charge in [-0.05, 0) is 25.7 Å². The molecule has 0 saturated heterocycles. The van der Waals surface area contributed by atoms with Crippen molar-refractivity contribution >= 4 is 11.6 Å². The van der Waals surface area contributed by atoms with E-state index in [0.717, 1.165) is 43.4 Å². The summed E-state index contributed by atoms with van der Waals surface area (Å²) in [5.74, 6) is 3.34. The highest BCUT2D eigenvalue weighted by Crippen LogP contribution is 2.11. The zero-order valence-electron chi connectivity index (χ0n) is 11.4. The molecule has 0 aliphatic rings. The highest BCUT2D eigenvalue weighted by atomic mass is 15.1. The van der Waals surface area contributed by atoms with Gasteiger partial charge >= 0.3 is 0 Å². The van der Waals surface area contributed by atoms with E-state index < -0.39 is 0 Å². The minimum Gasteiger partial charge on any atom is -0.370 e. The largest absolute Gasteiger partial charge is 0.370 e. The quantitative estimate of drug-likeness (QED) is 0.764. The average molecular weight is 236 g/mol. The van der Waals surface area contributed by atoms with Gasteiger partial charge < -0.3 is 10.6 Å². The van der Waals surface area contributed by atoms with Crippen molar-refractivity contribution in [1.29, 1.82) is 0 Å². The van der Waals surface area contributed by atoms with Crippen molar-refractivity contribution in [1.82, 2.24) is 9.97 Å². The van der Waals surface area contributed by atoms with Crippen LogP contribution in [0.15, 0.2) is 6.07 Å². The van der Waals surface area contributed by atoms with Gasteiger partial charge in [-0.2, -0.15) is 0 Å². The van der Waals surface area contributed by atoms with Crippen LogP contribution in [0.4, 0.5) is 11.6 Å². The standard InChI is InChI=1S/C13H24N4/c1-5-7-14-12-9-13(17-11(4)16-12)15-8-6-10(2)3/h9-10H,5-8H2,1-4H3,(H2,14,15,16,17). The summed E-state index contributed by atoms with van der Waals surface area (Å²) in [6, 6.07) is 1.98. The second kappa shape index (κ2) is 7.09. The van der Waals surface area contributed by atoms with E-state index in [1.807, 2.05) is 13.0 Å². The Bertz CT molecular complexity index is 336. The summed E-state index contributed by atoms with van der Waals surface area (Å²) in [5, 5.41) is 6.63. The van der Waals surface area contributed by atoms with Gasteiger partial charge in [-0.25, -0.2) is 9.97 Å². The van der Waals surface area contributed by atoms with Gasteiger partial charge in [0.25, 0.3) is 0 Å². The fraction of sp³-hybridized carbons (Fsp3) is 0.692. The SMILES string of the molecule is CCCNc1cc(NCCC(C)C)nc(C)n1. The van der Waals surface area contributed by atoms with Gasteiger partial charge in [0.15, 0.2) is 0 Å². The summed E-state index contributed by atoms with van der Waals surface area (Å²) in [6.45, 7) is 10.4. The van der Waals surface area contributed by atoms with E-state index in [1.54, 1.807) is 0 Å². The van der Waals surface area contributed by atoms with Gasteiger partial charge in [0.1, 0.15) is 17.5 Å². The topological polar surface area (TPSA) is 49.8 Å². The van der Waals surface area contributed by atoms with Gasteiger partial charge in [0.05, 0.1) is 0 Å². The monoisotopic (exact) mass is 236 g/mol. The highest BCUT2D eigenvalue weighted by molar-refractivity contribution is 5.47. The van der Waals surface area contributed by atoms with Crippen molar-refractivity contribution in [3.05, 3.63) is 11.9 Å². The highest BCUT2D eigenvalue weighted by Gasteiger charge is 2.01. The van der Waals surface area contributed by atoms with E-state index in [2.05, 4.69) is 41.4 Å². The Morgan fingerprint density at radius 2 is 1.71 bits per heavy atom. The second-order valence-electron chi connectivity index (χ2n) is 4.72. The lowest BCUT2D eigenvalue weighted by molar-refractivity contribution is 0.606. The molecule has 2 N–H and O–H groups in total. The summed E-state index contributed by atoms with van der Waals surface area (Å²) in [4.78, 5) is 8.73. The molecule has 0 fully saturated rings. The Balaban J connectivity index is 2.55. The molecule has 0 saturated carbocycles. The molecule has 0 unspecified atom stereocenters. The van der Waals surface area contributed by atoms with Gasteiger partial charge in [-0.3, -0.25) is 0 Å². The Labute approximate surface area is 104 Å². The fourth-order valence-electron chi connectivity index (χ4n) is 1.49. The van der Waals surface area contributed by atoms with Crippen molar-refractivity contribution in [3.8, 4) is 0 Å². The van der Waals surface area contributed by atoms with E-state index in [0.29, 0.717) is 5.92 Å². The average Bonchev–Trinajstić information content (AvgIpc) is 2.25. The molecule has 1 rings (SSSR count). The first-order chi connectivity index (χ1) is 8.11. The first-order valence-electron chi connectivity index (χ1n) is 6.45. The van der Waals surface area contributed by atoms with Crippen molar-refractivity contribution < 1.29 is 0 Å². The van der Waals surface area contributed by atoms with Gasteiger partial charge in [-0.15, -0.1) is 0 Å². The van der Waals surface area contributed by atoms with E-state index in [-0.39, 0.29) is 0 Å². The molecule has 17 heavy (non-hydrogen) atoms. The van der Waals surface area contributed by atoms with E-state index in [4.69, 9.17) is 0 Å². The zero-order chi connectivity index (χ0) is 12.7. The summed E-state index contributed by atoms with van der Waals surface area (Å²) >= 11 is 0. The molecule has 1 heterocycles. The van der Waals surface area contributed by atoms with Crippen LogP contribution in [0.3, 0.4) is 0 Å². The Kier molecular flexibility index (Phi) is 5.73. The van der Waals surface area contributed by atoms with Crippen molar-refractivity contribution in [2.75, 3.05) is 23.7 Å². The third-order valence-corrected chi connectivity index (χ3v) is 2.42. The van der Waals surface area contributed by atoms with Crippen LogP contribution in [0.25, 0.3) is 0 Å². The van der Waals surface area contributed by atoms with Crippen LogP contribution in [-0.2, 0) is 0 Å². The number of aromatic nitrogens is 2. The number of hydrogen-bond acceptors (Lipinski definition) is 4. The molecule has 1 aromatic rings. The van der Waals surface area contributed by atoms with Crippen LogP contribution in [-0.4, -0.2) is 23.1 Å². The third kappa shape index (κ3) is 5.52. The zero-order valence-corrected chi connectivity index (χ0v) is 11.4. The molecule has 4 heteroatoms. The maximum Gasteiger partial charge on any atom is 0.131 e. The summed E-state index contributed by atoms with van der Waals surface area (Å²) in [6.07, 6.45) is 2.25. The second-order valence-corrected chi connectivity index (χ2v) is 4.72. The van der Waals surface area contributed by atoms with Crippen LogP contribution >= 0.6 is 0 Å².